The fourth-order valence-corrected chi connectivity index (χ4v) is 4.32. The van der Waals surface area contributed by atoms with Crippen LogP contribution in [0.2, 0.25) is 5.02 Å². The maximum Gasteiger partial charge on any atom is 0.191 e. The molecule has 0 N–H and O–H groups in total. The van der Waals surface area contributed by atoms with Crippen LogP contribution >= 0.6 is 23.4 Å². The summed E-state index contributed by atoms with van der Waals surface area (Å²) in [6.45, 7) is 1.31. The molecule has 0 unspecified atom stereocenters. The number of hydrogen-bond donors (Lipinski definition) is 0. The van der Waals surface area contributed by atoms with Gasteiger partial charge in [-0.05, 0) is 42.3 Å². The average molecular weight is 466 g/mol. The summed E-state index contributed by atoms with van der Waals surface area (Å²) in [6, 6.07) is 25.7. The highest BCUT2D eigenvalue weighted by Crippen LogP contribution is 2.31. The first kappa shape index (κ1) is 22.2. The number of ether oxygens (including phenoxy) is 2. The Kier molecular flexibility index (Phi) is 7.69. The van der Waals surface area contributed by atoms with Gasteiger partial charge in [0.1, 0.15) is 11.5 Å². The van der Waals surface area contributed by atoms with Crippen molar-refractivity contribution < 1.29 is 9.47 Å². The SMILES string of the molecule is COc1ccccc1-c1nnc(SCCOc2cccc(Cl)c2)n1CCc1ccccc1. The van der Waals surface area contributed by atoms with Crippen molar-refractivity contribution in [1.82, 2.24) is 14.8 Å². The van der Waals surface area contributed by atoms with Gasteiger partial charge in [0, 0.05) is 17.3 Å². The van der Waals surface area contributed by atoms with Crippen LogP contribution in [0.5, 0.6) is 11.5 Å². The van der Waals surface area contributed by atoms with Gasteiger partial charge in [-0.1, -0.05) is 71.9 Å². The number of halogens is 1. The van der Waals surface area contributed by atoms with Crippen LogP contribution in [0.25, 0.3) is 11.4 Å². The van der Waals surface area contributed by atoms with E-state index in [1.54, 1.807) is 18.9 Å². The maximum atomic E-state index is 6.03. The van der Waals surface area contributed by atoms with E-state index in [-0.39, 0.29) is 0 Å². The summed E-state index contributed by atoms with van der Waals surface area (Å²) in [4.78, 5) is 0. The number of rotatable bonds is 10. The third-order valence-electron chi connectivity index (χ3n) is 4.91. The summed E-state index contributed by atoms with van der Waals surface area (Å²) < 4.78 is 13.5. The van der Waals surface area contributed by atoms with Gasteiger partial charge in [0.15, 0.2) is 11.0 Å². The van der Waals surface area contributed by atoms with Crippen LogP contribution in [0.3, 0.4) is 0 Å². The van der Waals surface area contributed by atoms with Crippen molar-refractivity contribution in [3.63, 3.8) is 0 Å². The number of aromatic nitrogens is 3. The van der Waals surface area contributed by atoms with Crippen LogP contribution in [0.4, 0.5) is 0 Å². The normalized spacial score (nSPS) is 10.8. The predicted molar refractivity (Wildman–Crippen MR) is 130 cm³/mol. The highest BCUT2D eigenvalue weighted by atomic mass is 35.5. The third-order valence-corrected chi connectivity index (χ3v) is 6.08. The lowest BCUT2D eigenvalue weighted by atomic mass is 10.1. The van der Waals surface area contributed by atoms with Crippen molar-refractivity contribution in [3.8, 4) is 22.9 Å². The average Bonchev–Trinajstić information content (AvgIpc) is 3.23. The van der Waals surface area contributed by atoms with E-state index < -0.39 is 0 Å². The number of benzene rings is 3. The van der Waals surface area contributed by atoms with Crippen LogP contribution in [-0.4, -0.2) is 34.2 Å². The summed E-state index contributed by atoms with van der Waals surface area (Å²) in [5, 5.41) is 10.5. The minimum Gasteiger partial charge on any atom is -0.496 e. The van der Waals surface area contributed by atoms with Crippen LogP contribution in [-0.2, 0) is 13.0 Å². The van der Waals surface area contributed by atoms with Crippen LogP contribution in [0.15, 0.2) is 84.0 Å². The van der Waals surface area contributed by atoms with Crippen molar-refractivity contribution >= 4 is 23.4 Å². The lowest BCUT2D eigenvalue weighted by Crippen LogP contribution is -2.07. The molecule has 0 saturated heterocycles. The Morgan fingerprint density at radius 3 is 2.56 bits per heavy atom. The van der Waals surface area contributed by atoms with Crippen molar-refractivity contribution in [1.29, 1.82) is 0 Å². The van der Waals surface area contributed by atoms with Gasteiger partial charge in [0.25, 0.3) is 0 Å². The van der Waals surface area contributed by atoms with Crippen molar-refractivity contribution in [2.75, 3.05) is 19.5 Å². The Morgan fingerprint density at radius 2 is 1.75 bits per heavy atom. The summed E-state index contributed by atoms with van der Waals surface area (Å²) in [5.41, 5.74) is 2.20. The van der Waals surface area contributed by atoms with E-state index in [9.17, 15) is 0 Å². The van der Waals surface area contributed by atoms with E-state index in [0.717, 1.165) is 46.8 Å². The Balaban J connectivity index is 1.51. The van der Waals surface area contributed by atoms with Gasteiger partial charge in [-0.25, -0.2) is 0 Å². The molecular weight excluding hydrogens is 442 g/mol. The van der Waals surface area contributed by atoms with Gasteiger partial charge >= 0.3 is 0 Å². The van der Waals surface area contributed by atoms with E-state index in [2.05, 4.69) is 39.0 Å². The van der Waals surface area contributed by atoms with Gasteiger partial charge in [-0.3, -0.25) is 0 Å². The molecule has 0 saturated carbocycles. The topological polar surface area (TPSA) is 49.2 Å². The molecule has 4 rings (SSSR count). The second-order valence-electron chi connectivity index (χ2n) is 7.05. The Bertz CT molecular complexity index is 1150. The molecule has 3 aromatic carbocycles. The molecule has 0 amide bonds. The highest BCUT2D eigenvalue weighted by Gasteiger charge is 2.17. The monoisotopic (exact) mass is 465 g/mol. The molecule has 1 heterocycles. The molecule has 4 aromatic rings. The van der Waals surface area contributed by atoms with E-state index >= 15 is 0 Å². The quantitative estimate of drug-likeness (QED) is 0.212. The first-order valence-corrected chi connectivity index (χ1v) is 11.7. The summed E-state index contributed by atoms with van der Waals surface area (Å²) in [5.74, 6) is 3.08. The molecule has 0 fully saturated rings. The van der Waals surface area contributed by atoms with Gasteiger partial charge in [-0.15, -0.1) is 10.2 Å². The first-order valence-electron chi connectivity index (χ1n) is 10.4. The minimum atomic E-state index is 0.542. The van der Waals surface area contributed by atoms with E-state index in [1.165, 1.54) is 5.56 Å². The molecule has 0 bridgehead atoms. The van der Waals surface area contributed by atoms with E-state index in [1.807, 2.05) is 54.6 Å². The summed E-state index contributed by atoms with van der Waals surface area (Å²) in [6.07, 6.45) is 0.883. The highest BCUT2D eigenvalue weighted by molar-refractivity contribution is 7.99. The smallest absolute Gasteiger partial charge is 0.191 e. The van der Waals surface area contributed by atoms with Gasteiger partial charge in [-0.2, -0.15) is 0 Å². The zero-order valence-electron chi connectivity index (χ0n) is 17.8. The Labute approximate surface area is 197 Å². The molecule has 5 nitrogen and oxygen atoms in total. The Hall–Kier alpha value is -2.96. The third kappa shape index (κ3) is 5.64. The Morgan fingerprint density at radius 1 is 0.938 bits per heavy atom. The van der Waals surface area contributed by atoms with E-state index in [0.29, 0.717) is 11.6 Å². The molecule has 0 spiro atoms. The molecule has 0 aliphatic carbocycles. The van der Waals surface area contributed by atoms with Gasteiger partial charge in [0.05, 0.1) is 19.3 Å². The van der Waals surface area contributed by atoms with Gasteiger partial charge in [0.2, 0.25) is 0 Å². The molecule has 0 atom stereocenters. The molecule has 32 heavy (non-hydrogen) atoms. The number of nitrogens with zero attached hydrogens (tertiary/aromatic N) is 3. The zero-order chi connectivity index (χ0) is 22.2. The van der Waals surface area contributed by atoms with Gasteiger partial charge < -0.3 is 14.0 Å². The fourth-order valence-electron chi connectivity index (χ4n) is 3.36. The molecule has 1 aromatic heterocycles. The number of aryl methyl sites for hydroxylation is 1. The molecule has 0 radical (unpaired) electrons. The summed E-state index contributed by atoms with van der Waals surface area (Å²) in [7, 11) is 1.67. The van der Waals surface area contributed by atoms with E-state index in [4.69, 9.17) is 21.1 Å². The predicted octanol–water partition coefficient (Wildman–Crippen LogP) is 6.02. The van der Waals surface area contributed by atoms with Crippen molar-refractivity contribution in [2.24, 2.45) is 0 Å². The summed E-state index contributed by atoms with van der Waals surface area (Å²) >= 11 is 7.65. The van der Waals surface area contributed by atoms with Crippen molar-refractivity contribution in [3.05, 3.63) is 89.4 Å². The van der Waals surface area contributed by atoms with Crippen LogP contribution < -0.4 is 9.47 Å². The largest absolute Gasteiger partial charge is 0.496 e. The first-order chi connectivity index (χ1) is 15.7. The molecule has 7 heteroatoms. The maximum absolute atomic E-state index is 6.03. The second kappa shape index (κ2) is 11.1. The fraction of sp³-hybridized carbons (Fsp3) is 0.200. The number of hydrogen-bond acceptors (Lipinski definition) is 5. The van der Waals surface area contributed by atoms with Crippen LogP contribution in [0.1, 0.15) is 5.56 Å². The molecule has 164 valence electrons. The molecular formula is C25H24ClN3O2S. The van der Waals surface area contributed by atoms with Crippen LogP contribution in [0, 0.1) is 0 Å². The minimum absolute atomic E-state index is 0.542. The lowest BCUT2D eigenvalue weighted by Gasteiger charge is -2.13. The second-order valence-corrected chi connectivity index (χ2v) is 8.55. The number of para-hydroxylation sites is 1. The molecule has 0 aliphatic rings. The standard InChI is InChI=1S/C25H24ClN3O2S/c1-30-23-13-6-5-12-22(23)24-27-28-25(29(24)15-14-19-8-3-2-4-9-19)32-17-16-31-21-11-7-10-20(26)18-21/h2-13,18H,14-17H2,1H3. The molecule has 0 aliphatic heterocycles. The lowest BCUT2D eigenvalue weighted by molar-refractivity contribution is 0.344. The number of thioether (sulfide) groups is 1. The zero-order valence-corrected chi connectivity index (χ0v) is 19.4. The number of methoxy groups -OCH3 is 1. The van der Waals surface area contributed by atoms with Crippen molar-refractivity contribution in [2.45, 2.75) is 18.1 Å².